The van der Waals surface area contributed by atoms with Gasteiger partial charge in [-0.1, -0.05) is 6.07 Å². The number of nitrogens with zero attached hydrogens (tertiary/aromatic N) is 1. The first kappa shape index (κ1) is 21.1. The number of nitrogens with one attached hydrogen (secondary N) is 2. The summed E-state index contributed by atoms with van der Waals surface area (Å²) in [6, 6.07) is 8.72. The molecule has 1 aliphatic heterocycles. The summed E-state index contributed by atoms with van der Waals surface area (Å²) in [4.78, 5) is 36.5. The lowest BCUT2D eigenvalue weighted by atomic mass is 10.2. The lowest BCUT2D eigenvalue weighted by Gasteiger charge is -2.14. The summed E-state index contributed by atoms with van der Waals surface area (Å²) < 4.78 is 44.3. The molecule has 0 spiro atoms. The zero-order valence-corrected chi connectivity index (χ0v) is 15.4. The molecule has 1 heterocycles. The number of nitrogens with two attached hydrogens (primary N) is 1. The molecule has 0 bridgehead atoms. The van der Waals surface area contributed by atoms with Crippen molar-refractivity contribution in [3.8, 4) is 0 Å². The van der Waals surface area contributed by atoms with E-state index in [0.29, 0.717) is 0 Å². The van der Waals surface area contributed by atoms with Crippen LogP contribution in [-0.4, -0.2) is 37.6 Å². The Morgan fingerprint density at radius 1 is 1.20 bits per heavy atom. The van der Waals surface area contributed by atoms with Crippen molar-refractivity contribution in [3.63, 3.8) is 0 Å². The minimum absolute atomic E-state index is 0.0526. The van der Waals surface area contributed by atoms with Crippen molar-refractivity contribution in [1.82, 2.24) is 0 Å². The molecule has 0 aliphatic carbocycles. The van der Waals surface area contributed by atoms with E-state index in [-0.39, 0.29) is 35.8 Å². The van der Waals surface area contributed by atoms with Crippen LogP contribution >= 0.6 is 0 Å². The first-order chi connectivity index (χ1) is 14.3. The number of hydrogen-bond acceptors (Lipinski definition) is 6. The second-order valence-electron chi connectivity index (χ2n) is 6.33. The van der Waals surface area contributed by atoms with Crippen molar-refractivity contribution in [2.45, 2.75) is 12.5 Å². The van der Waals surface area contributed by atoms with Gasteiger partial charge in [-0.3, -0.25) is 14.5 Å². The van der Waals surface area contributed by atoms with Crippen LogP contribution in [0.5, 0.6) is 0 Å². The van der Waals surface area contributed by atoms with Gasteiger partial charge < -0.3 is 21.1 Å². The van der Waals surface area contributed by atoms with Crippen LogP contribution in [0.4, 0.5) is 40.7 Å². The lowest BCUT2D eigenvalue weighted by molar-refractivity contribution is -0.126. The fourth-order valence-corrected chi connectivity index (χ4v) is 2.75. The topological polar surface area (TPSA) is 114 Å². The van der Waals surface area contributed by atoms with Crippen LogP contribution in [0, 0.1) is 5.82 Å². The Bertz CT molecular complexity index is 1030. The molecule has 0 unspecified atom stereocenters. The Morgan fingerprint density at radius 3 is 2.60 bits per heavy atom. The predicted octanol–water partition coefficient (Wildman–Crippen LogP) is 2.42. The van der Waals surface area contributed by atoms with Crippen LogP contribution in [0.15, 0.2) is 47.3 Å². The molecule has 158 valence electrons. The number of halogens is 3. The molecule has 4 N–H and O–H groups in total. The highest BCUT2D eigenvalue weighted by Gasteiger charge is 2.31. The van der Waals surface area contributed by atoms with Gasteiger partial charge in [0.2, 0.25) is 5.43 Å². The van der Waals surface area contributed by atoms with E-state index in [1.807, 2.05) is 5.32 Å². The summed E-state index contributed by atoms with van der Waals surface area (Å²) in [5.41, 5.74) is 4.84. The Morgan fingerprint density at radius 2 is 1.97 bits per heavy atom. The minimum Gasteiger partial charge on any atom is -0.443 e. The molecule has 8 nitrogen and oxygen atoms in total. The highest BCUT2D eigenvalue weighted by atomic mass is 19.3. The standard InChI is InChI=1S/C19H17F3N4O4/c20-13-7-11(26-9-12(8-23)30-19(26)29)4-5-14(13)25-15-3-1-2-10(6-16(15)27)24-18(28)17(21)22/h1-7,12,17H,8-9,23H2,(H,24,28)(H,25,27)/t12-/m0/s1. The number of amides is 2. The second-order valence-corrected chi connectivity index (χ2v) is 6.33. The normalized spacial score (nSPS) is 15.8. The lowest BCUT2D eigenvalue weighted by Crippen LogP contribution is -2.27. The molecule has 0 saturated carbocycles. The monoisotopic (exact) mass is 422 g/mol. The van der Waals surface area contributed by atoms with Crippen LogP contribution in [0.3, 0.4) is 0 Å². The molecular weight excluding hydrogens is 405 g/mol. The summed E-state index contributed by atoms with van der Waals surface area (Å²) in [7, 11) is 0. The fraction of sp³-hybridized carbons (Fsp3) is 0.211. The van der Waals surface area contributed by atoms with Crippen molar-refractivity contribution in [2.75, 3.05) is 28.6 Å². The van der Waals surface area contributed by atoms with Crippen LogP contribution in [0.2, 0.25) is 0 Å². The highest BCUT2D eigenvalue weighted by Crippen LogP contribution is 2.27. The maximum absolute atomic E-state index is 14.6. The number of carbonyl (C=O) groups is 2. The molecule has 1 aliphatic rings. The third kappa shape index (κ3) is 4.69. The van der Waals surface area contributed by atoms with Gasteiger partial charge in [0.1, 0.15) is 11.9 Å². The van der Waals surface area contributed by atoms with Gasteiger partial charge in [0.15, 0.2) is 0 Å². The number of alkyl halides is 2. The largest absolute Gasteiger partial charge is 0.443 e. The molecule has 2 aromatic carbocycles. The van der Waals surface area contributed by atoms with Crippen LogP contribution in [0.1, 0.15) is 0 Å². The van der Waals surface area contributed by atoms with Gasteiger partial charge in [0.05, 0.1) is 23.6 Å². The van der Waals surface area contributed by atoms with Crippen molar-refractivity contribution in [3.05, 3.63) is 58.5 Å². The summed E-state index contributed by atoms with van der Waals surface area (Å²) in [5, 5.41) is 4.52. The van der Waals surface area contributed by atoms with Crippen molar-refractivity contribution < 1.29 is 27.5 Å². The predicted molar refractivity (Wildman–Crippen MR) is 104 cm³/mol. The van der Waals surface area contributed by atoms with Gasteiger partial charge >= 0.3 is 12.5 Å². The first-order valence-electron chi connectivity index (χ1n) is 8.76. The maximum atomic E-state index is 14.6. The van der Waals surface area contributed by atoms with Crippen LogP contribution < -0.4 is 26.7 Å². The van der Waals surface area contributed by atoms with E-state index in [1.165, 1.54) is 35.2 Å². The Kier molecular flexibility index (Phi) is 6.21. The Labute approximate surface area is 168 Å². The second kappa shape index (κ2) is 8.82. The van der Waals surface area contributed by atoms with E-state index in [2.05, 4.69) is 5.32 Å². The SMILES string of the molecule is NC[C@H]1CN(c2ccc(Nc3cccc(NC(=O)C(F)F)cc3=O)c(F)c2)C(=O)O1. The summed E-state index contributed by atoms with van der Waals surface area (Å²) in [5.74, 6) is -2.29. The molecule has 1 atom stereocenters. The number of rotatable bonds is 6. The molecule has 2 amide bonds. The van der Waals surface area contributed by atoms with Gasteiger partial charge in [-0.25, -0.2) is 9.18 Å². The molecule has 1 saturated heterocycles. The molecule has 2 aromatic rings. The molecule has 30 heavy (non-hydrogen) atoms. The van der Waals surface area contributed by atoms with E-state index in [1.54, 1.807) is 0 Å². The van der Waals surface area contributed by atoms with E-state index >= 15 is 0 Å². The van der Waals surface area contributed by atoms with Gasteiger partial charge in [0.25, 0.3) is 5.91 Å². The van der Waals surface area contributed by atoms with Gasteiger partial charge in [-0.15, -0.1) is 0 Å². The average Bonchev–Trinajstić information content (AvgIpc) is 2.99. The van der Waals surface area contributed by atoms with Gasteiger partial charge in [0, 0.05) is 18.3 Å². The zero-order chi connectivity index (χ0) is 21.8. The summed E-state index contributed by atoms with van der Waals surface area (Å²) in [6.45, 7) is 0.329. The molecule has 0 aromatic heterocycles. The van der Waals surface area contributed by atoms with Crippen LogP contribution in [-0.2, 0) is 9.53 Å². The zero-order valence-electron chi connectivity index (χ0n) is 15.4. The number of cyclic esters (lactones) is 1. The summed E-state index contributed by atoms with van der Waals surface area (Å²) >= 11 is 0. The molecule has 3 rings (SSSR count). The van der Waals surface area contributed by atoms with Crippen molar-refractivity contribution in [1.29, 1.82) is 0 Å². The van der Waals surface area contributed by atoms with Gasteiger partial charge in [-0.2, -0.15) is 8.78 Å². The quantitative estimate of drug-likeness (QED) is 0.659. The van der Waals surface area contributed by atoms with E-state index < -0.39 is 35.8 Å². The smallest absolute Gasteiger partial charge is 0.414 e. The Balaban J connectivity index is 1.80. The summed E-state index contributed by atoms with van der Waals surface area (Å²) in [6.07, 6.45) is -4.35. The fourth-order valence-electron chi connectivity index (χ4n) is 2.75. The molecular formula is C19H17F3N4O4. The maximum Gasteiger partial charge on any atom is 0.414 e. The number of benzene rings is 1. The molecule has 1 fully saturated rings. The number of ether oxygens (including phenoxy) is 1. The third-order valence-electron chi connectivity index (χ3n) is 4.23. The Hall–Kier alpha value is -3.60. The highest BCUT2D eigenvalue weighted by molar-refractivity contribution is 5.93. The van der Waals surface area contributed by atoms with Gasteiger partial charge in [-0.05, 0) is 30.3 Å². The first-order valence-corrected chi connectivity index (χ1v) is 8.76. The van der Waals surface area contributed by atoms with Crippen molar-refractivity contribution in [2.24, 2.45) is 5.73 Å². The van der Waals surface area contributed by atoms with E-state index in [0.717, 1.165) is 12.1 Å². The minimum atomic E-state index is -3.23. The number of carbonyl (C=O) groups excluding carboxylic acids is 2. The van der Waals surface area contributed by atoms with Crippen LogP contribution in [0.25, 0.3) is 0 Å². The third-order valence-corrected chi connectivity index (χ3v) is 4.23. The van der Waals surface area contributed by atoms with E-state index in [9.17, 15) is 27.6 Å². The van der Waals surface area contributed by atoms with Crippen molar-refractivity contribution >= 4 is 34.7 Å². The molecule has 0 radical (unpaired) electrons. The van der Waals surface area contributed by atoms with E-state index in [4.69, 9.17) is 10.5 Å². The average molecular weight is 422 g/mol. The number of anilines is 4. The molecule has 11 heteroatoms. The number of hydrogen-bond donors (Lipinski definition) is 3.